The van der Waals surface area contributed by atoms with Gasteiger partial charge in [-0.25, -0.2) is 0 Å². The summed E-state index contributed by atoms with van der Waals surface area (Å²) < 4.78 is 0. The maximum Gasteiger partial charge on any atom is -0.0325 e. The van der Waals surface area contributed by atoms with Crippen LogP contribution in [0.5, 0.6) is 0 Å². The van der Waals surface area contributed by atoms with Crippen LogP contribution in [0.15, 0.2) is 12.2 Å². The first-order valence-electron chi connectivity index (χ1n) is 3.96. The third-order valence-electron chi connectivity index (χ3n) is 1.64. The van der Waals surface area contributed by atoms with Crippen LogP contribution in [0.2, 0.25) is 0 Å². The van der Waals surface area contributed by atoms with E-state index in [1.807, 2.05) is 0 Å². The van der Waals surface area contributed by atoms with Crippen LogP contribution in [0.1, 0.15) is 40.0 Å². The van der Waals surface area contributed by atoms with Gasteiger partial charge in [0.25, 0.3) is 0 Å². The average molecular weight is 126 g/mol. The van der Waals surface area contributed by atoms with Crippen LogP contribution in [0.4, 0.5) is 0 Å². The third kappa shape index (κ3) is 5.61. The minimum Gasteiger partial charge on any atom is -0.0888 e. The molecule has 0 aliphatic carbocycles. The minimum atomic E-state index is 0.868. The number of rotatable bonds is 4. The Morgan fingerprint density at radius 3 is 2.33 bits per heavy atom. The molecule has 0 aliphatic rings. The van der Waals surface area contributed by atoms with E-state index in [9.17, 15) is 0 Å². The van der Waals surface area contributed by atoms with Crippen LogP contribution in [0, 0.1) is 5.92 Å². The summed E-state index contributed by atoms with van der Waals surface area (Å²) >= 11 is 0. The quantitative estimate of drug-likeness (QED) is 0.506. The molecule has 54 valence electrons. The smallest absolute Gasteiger partial charge is 0.0325 e. The molecule has 0 aromatic carbocycles. The van der Waals surface area contributed by atoms with Gasteiger partial charge in [0.2, 0.25) is 0 Å². The van der Waals surface area contributed by atoms with E-state index >= 15 is 0 Å². The molecule has 1 atom stereocenters. The van der Waals surface area contributed by atoms with Crippen molar-refractivity contribution in [1.82, 2.24) is 0 Å². The van der Waals surface area contributed by atoms with Crippen molar-refractivity contribution < 1.29 is 0 Å². The van der Waals surface area contributed by atoms with E-state index in [1.54, 1.807) is 0 Å². The van der Waals surface area contributed by atoms with Crippen molar-refractivity contribution in [1.29, 1.82) is 0 Å². The van der Waals surface area contributed by atoms with Gasteiger partial charge in [0, 0.05) is 0 Å². The lowest BCUT2D eigenvalue weighted by atomic mass is 10.1. The summed E-state index contributed by atoms with van der Waals surface area (Å²) in [6, 6.07) is 0. The minimum absolute atomic E-state index is 0.868. The molecule has 0 rings (SSSR count). The Hall–Kier alpha value is -0.260. The highest BCUT2D eigenvalue weighted by Crippen LogP contribution is 2.06. The molecule has 0 spiro atoms. The van der Waals surface area contributed by atoms with Gasteiger partial charge >= 0.3 is 0 Å². The zero-order chi connectivity index (χ0) is 7.11. The summed E-state index contributed by atoms with van der Waals surface area (Å²) in [6.07, 6.45) is 8.26. The lowest BCUT2D eigenvalue weighted by Crippen LogP contribution is -1.87. The topological polar surface area (TPSA) is 0 Å². The van der Waals surface area contributed by atoms with Crippen LogP contribution in [0.3, 0.4) is 0 Å². The molecule has 0 aliphatic heterocycles. The fourth-order valence-corrected chi connectivity index (χ4v) is 0.662. The van der Waals surface area contributed by atoms with Gasteiger partial charge in [0.1, 0.15) is 0 Å². The SMILES string of the molecule is CC/C=C\CC(C)CC. The Balaban J connectivity index is 3.15. The first-order valence-corrected chi connectivity index (χ1v) is 3.96. The van der Waals surface area contributed by atoms with Crippen LogP contribution in [-0.2, 0) is 0 Å². The highest BCUT2D eigenvalue weighted by atomic mass is 14.0. The number of hydrogen-bond donors (Lipinski definition) is 0. The van der Waals surface area contributed by atoms with Gasteiger partial charge in [-0.2, -0.15) is 0 Å². The summed E-state index contributed by atoms with van der Waals surface area (Å²) in [4.78, 5) is 0. The fourth-order valence-electron chi connectivity index (χ4n) is 0.662. The number of hydrogen-bond acceptors (Lipinski definition) is 0. The maximum absolute atomic E-state index is 2.29. The van der Waals surface area contributed by atoms with Crippen molar-refractivity contribution in [3.8, 4) is 0 Å². The van der Waals surface area contributed by atoms with E-state index in [4.69, 9.17) is 0 Å². The molecule has 0 saturated carbocycles. The van der Waals surface area contributed by atoms with Crippen LogP contribution in [-0.4, -0.2) is 0 Å². The largest absolute Gasteiger partial charge is 0.0888 e. The normalized spacial score (nSPS) is 14.6. The van der Waals surface area contributed by atoms with Crippen LogP contribution >= 0.6 is 0 Å². The van der Waals surface area contributed by atoms with Crippen molar-refractivity contribution in [3.05, 3.63) is 12.2 Å². The lowest BCUT2D eigenvalue weighted by molar-refractivity contribution is 0.571. The molecule has 0 bridgehead atoms. The van der Waals surface area contributed by atoms with E-state index in [1.165, 1.54) is 19.3 Å². The first kappa shape index (κ1) is 8.74. The molecule has 0 radical (unpaired) electrons. The highest BCUT2D eigenvalue weighted by molar-refractivity contribution is 4.81. The summed E-state index contributed by atoms with van der Waals surface area (Å²) in [5.41, 5.74) is 0. The second kappa shape index (κ2) is 5.87. The zero-order valence-corrected chi connectivity index (χ0v) is 6.85. The molecule has 9 heavy (non-hydrogen) atoms. The Labute approximate surface area is 59.0 Å². The average Bonchev–Trinajstić information content (AvgIpc) is 1.89. The molecule has 0 amide bonds. The standard InChI is InChI=1S/C9H18/c1-4-6-7-8-9(3)5-2/h6-7,9H,4-5,8H2,1-3H3/b7-6-. The summed E-state index contributed by atoms with van der Waals surface area (Å²) in [7, 11) is 0. The van der Waals surface area contributed by atoms with Crippen molar-refractivity contribution >= 4 is 0 Å². The van der Waals surface area contributed by atoms with Crippen molar-refractivity contribution in [3.63, 3.8) is 0 Å². The second-order valence-electron chi connectivity index (χ2n) is 2.63. The molecule has 0 saturated heterocycles. The van der Waals surface area contributed by atoms with Crippen LogP contribution in [0.25, 0.3) is 0 Å². The molecular weight excluding hydrogens is 108 g/mol. The Morgan fingerprint density at radius 1 is 1.22 bits per heavy atom. The van der Waals surface area contributed by atoms with Gasteiger partial charge in [-0.1, -0.05) is 39.3 Å². The van der Waals surface area contributed by atoms with E-state index < -0.39 is 0 Å². The summed E-state index contributed by atoms with van der Waals surface area (Å²) in [5.74, 6) is 0.868. The van der Waals surface area contributed by atoms with E-state index in [2.05, 4.69) is 32.9 Å². The molecule has 0 nitrogen and oxygen atoms in total. The predicted octanol–water partition coefficient (Wildman–Crippen LogP) is 3.39. The Morgan fingerprint density at radius 2 is 1.89 bits per heavy atom. The van der Waals surface area contributed by atoms with Gasteiger partial charge in [0.05, 0.1) is 0 Å². The molecule has 0 aromatic rings. The monoisotopic (exact) mass is 126 g/mol. The Kier molecular flexibility index (Phi) is 5.70. The molecule has 0 aromatic heterocycles. The molecule has 0 heterocycles. The van der Waals surface area contributed by atoms with Gasteiger partial charge < -0.3 is 0 Å². The zero-order valence-electron chi connectivity index (χ0n) is 6.85. The van der Waals surface area contributed by atoms with Crippen molar-refractivity contribution in [2.24, 2.45) is 5.92 Å². The summed E-state index contributed by atoms with van der Waals surface area (Å²) in [6.45, 7) is 6.71. The third-order valence-corrected chi connectivity index (χ3v) is 1.64. The molecule has 1 unspecified atom stereocenters. The number of allylic oxidation sites excluding steroid dienone is 2. The van der Waals surface area contributed by atoms with Crippen molar-refractivity contribution in [2.75, 3.05) is 0 Å². The van der Waals surface area contributed by atoms with E-state index in [0.717, 1.165) is 5.92 Å². The van der Waals surface area contributed by atoms with Gasteiger partial charge in [-0.3, -0.25) is 0 Å². The van der Waals surface area contributed by atoms with Gasteiger partial charge in [-0.15, -0.1) is 0 Å². The fraction of sp³-hybridized carbons (Fsp3) is 0.778. The first-order chi connectivity index (χ1) is 4.31. The maximum atomic E-state index is 2.29. The predicted molar refractivity (Wildman–Crippen MR) is 43.5 cm³/mol. The Bertz CT molecular complexity index is 72.1. The van der Waals surface area contributed by atoms with Crippen molar-refractivity contribution in [2.45, 2.75) is 40.0 Å². The van der Waals surface area contributed by atoms with E-state index in [0.29, 0.717) is 0 Å². The second-order valence-corrected chi connectivity index (χ2v) is 2.63. The summed E-state index contributed by atoms with van der Waals surface area (Å²) in [5, 5.41) is 0. The molecule has 0 fully saturated rings. The van der Waals surface area contributed by atoms with Gasteiger partial charge in [-0.05, 0) is 18.8 Å². The molecular formula is C9H18. The molecule has 0 heteroatoms. The lowest BCUT2D eigenvalue weighted by Gasteiger charge is -2.01. The van der Waals surface area contributed by atoms with E-state index in [-0.39, 0.29) is 0 Å². The molecule has 0 N–H and O–H groups in total. The van der Waals surface area contributed by atoms with Gasteiger partial charge in [0.15, 0.2) is 0 Å². The van der Waals surface area contributed by atoms with Crippen LogP contribution < -0.4 is 0 Å². The highest BCUT2D eigenvalue weighted by Gasteiger charge is 1.91.